The number of hydrogen-bond donors (Lipinski definition) is 0. The third-order valence-electron chi connectivity index (χ3n) is 13.0. The quantitative estimate of drug-likeness (QED) is 0.0718. The Morgan fingerprint density at radius 2 is 0.413 bits per heavy atom. The summed E-state index contributed by atoms with van der Waals surface area (Å²) >= 11 is 0. The van der Waals surface area contributed by atoms with Gasteiger partial charge in [-0.1, -0.05) is 0 Å². The fourth-order valence-corrected chi connectivity index (χ4v) is 20.5. The molecule has 4 nitrogen and oxygen atoms in total. The van der Waals surface area contributed by atoms with E-state index < -0.39 is 44.2 Å². The van der Waals surface area contributed by atoms with Crippen LogP contribution in [0.25, 0.3) is 0 Å². The molecule has 8 heteroatoms. The molecule has 2 bridgehead atoms. The fraction of sp³-hybridized carbons (Fsp3) is 0.127. The summed E-state index contributed by atoms with van der Waals surface area (Å²) in [6.07, 6.45) is 2.80. The van der Waals surface area contributed by atoms with Crippen molar-refractivity contribution in [3.05, 3.63) is 243 Å². The molecule has 10 rings (SSSR count). The number of benzene rings is 8. The Morgan fingerprint density at radius 1 is 0.254 bits per heavy atom. The van der Waals surface area contributed by atoms with Gasteiger partial charge in [-0.15, -0.1) is 0 Å². The van der Waals surface area contributed by atoms with Gasteiger partial charge in [0.1, 0.15) is 0 Å². The molecule has 0 amide bonds. The average molecular weight is 905 g/mol. The van der Waals surface area contributed by atoms with Crippen LogP contribution in [0, 0.1) is 11.8 Å². The molecule has 2 aliphatic rings. The Hall–Kier alpha value is -4.68. The summed E-state index contributed by atoms with van der Waals surface area (Å²) in [5, 5.41) is 9.56. The van der Waals surface area contributed by atoms with Crippen LogP contribution in [0.4, 0.5) is 0 Å². The summed E-state index contributed by atoms with van der Waals surface area (Å²) in [7, 11) is -10.2. The summed E-state index contributed by atoms with van der Waals surface area (Å²) in [4.78, 5) is 0. The van der Waals surface area contributed by atoms with Crippen molar-refractivity contribution >= 4 is 75.0 Å². The minimum absolute atomic E-state index is 0.00902. The molecule has 2 unspecified atom stereocenters. The van der Waals surface area contributed by atoms with Crippen LogP contribution < -0.4 is 42.4 Å². The molecule has 2 fully saturated rings. The van der Waals surface area contributed by atoms with Crippen molar-refractivity contribution in [2.45, 2.75) is 30.8 Å². The van der Waals surface area contributed by atoms with E-state index in [-0.39, 0.29) is 11.8 Å². The Balaban J connectivity index is 1.27. The summed E-state index contributed by atoms with van der Waals surface area (Å²) in [6.45, 7) is 0. The van der Waals surface area contributed by atoms with Crippen LogP contribution >= 0.6 is 32.6 Å². The van der Waals surface area contributed by atoms with Gasteiger partial charge < -0.3 is 0 Å². The van der Waals surface area contributed by atoms with Gasteiger partial charge in [0.15, 0.2) is 0 Å². The van der Waals surface area contributed by atoms with Crippen LogP contribution in [-0.2, 0) is 18.1 Å². The summed E-state index contributed by atoms with van der Waals surface area (Å²) in [6, 6.07) is 87.0. The Bertz CT molecular complexity index is 2120. The SMILES string of the molecule is c1ccc([PH2](OC2(O[PH2](c3ccccc3)c3ccccc3)C3CCC(C3)C2(O[PH2](c2ccccc2)c2ccccc2)O[PH2](c2ccccc2)c2ccccc2)c2ccccc2)cc1. The van der Waals surface area contributed by atoms with Gasteiger partial charge in [-0.3, -0.25) is 0 Å². The van der Waals surface area contributed by atoms with Gasteiger partial charge in [0, 0.05) is 0 Å². The fourth-order valence-electron chi connectivity index (χ4n) is 10.0. The molecule has 0 aliphatic heterocycles. The minimum atomic E-state index is -2.55. The summed E-state index contributed by atoms with van der Waals surface area (Å²) in [5.74, 6) is -2.56. The molecule has 0 N–H and O–H groups in total. The molecule has 2 atom stereocenters. The third kappa shape index (κ3) is 8.78. The van der Waals surface area contributed by atoms with Crippen molar-refractivity contribution in [2.75, 3.05) is 0 Å². The van der Waals surface area contributed by atoms with Gasteiger partial charge in [-0.05, 0) is 0 Å². The van der Waals surface area contributed by atoms with E-state index in [0.29, 0.717) is 0 Å². The first kappa shape index (κ1) is 42.3. The molecule has 2 saturated carbocycles. The Labute approximate surface area is 376 Å². The second kappa shape index (κ2) is 19.6. The van der Waals surface area contributed by atoms with Gasteiger partial charge in [0.05, 0.1) is 0 Å². The van der Waals surface area contributed by atoms with Crippen molar-refractivity contribution in [1.29, 1.82) is 0 Å². The predicted molar refractivity (Wildman–Crippen MR) is 278 cm³/mol. The van der Waals surface area contributed by atoms with Crippen molar-refractivity contribution < 1.29 is 18.1 Å². The molecule has 0 spiro atoms. The van der Waals surface area contributed by atoms with Gasteiger partial charge in [-0.25, -0.2) is 0 Å². The molecule has 0 heterocycles. The topological polar surface area (TPSA) is 36.9 Å². The molecule has 63 heavy (non-hydrogen) atoms. The van der Waals surface area contributed by atoms with Crippen molar-refractivity contribution in [3.8, 4) is 0 Å². The normalized spacial score (nSPS) is 21.1. The van der Waals surface area contributed by atoms with Crippen molar-refractivity contribution in [1.82, 2.24) is 0 Å². The van der Waals surface area contributed by atoms with Crippen LogP contribution in [0.5, 0.6) is 0 Å². The maximum absolute atomic E-state index is 8.39. The molecule has 0 radical (unpaired) electrons. The van der Waals surface area contributed by atoms with Crippen LogP contribution in [0.1, 0.15) is 19.3 Å². The van der Waals surface area contributed by atoms with E-state index >= 15 is 0 Å². The first-order valence-corrected chi connectivity index (χ1v) is 28.8. The summed E-state index contributed by atoms with van der Waals surface area (Å²) in [5.41, 5.74) is 0. The van der Waals surface area contributed by atoms with Crippen molar-refractivity contribution in [2.24, 2.45) is 11.8 Å². The number of hydrogen-bond acceptors (Lipinski definition) is 4. The van der Waals surface area contributed by atoms with Crippen LogP contribution in [0.2, 0.25) is 0 Å². The molecular weight excluding hydrogens is 848 g/mol. The van der Waals surface area contributed by atoms with Crippen molar-refractivity contribution in [3.63, 3.8) is 0 Å². The molecule has 320 valence electrons. The zero-order valence-electron chi connectivity index (χ0n) is 35.3. The van der Waals surface area contributed by atoms with Gasteiger partial charge in [0.25, 0.3) is 0 Å². The summed E-state index contributed by atoms with van der Waals surface area (Å²) < 4.78 is 33.5. The molecule has 8 aromatic rings. The second-order valence-electron chi connectivity index (χ2n) is 16.8. The maximum atomic E-state index is 8.39. The molecule has 0 saturated heterocycles. The number of rotatable bonds is 16. The van der Waals surface area contributed by atoms with Crippen LogP contribution in [0.15, 0.2) is 243 Å². The zero-order valence-corrected chi connectivity index (χ0v) is 39.9. The standard InChI is InChI=1S/C55H56O4P4/c1-9-25-46(26-10-1)60(47-27-11-2-12-28-47)56-54(57-61(48-29-13-3-14-30-48)49-31-15-4-16-32-49)44-41-42-45(43-44)55(54,58-62(50-33-17-5-18-34-50)51-35-19-6-20-36-51)59-63(52-37-21-7-22-38-52)53-39-23-8-24-40-53/h1-40,44-45H,41-43,60-63H2. The predicted octanol–water partition coefficient (Wildman–Crippen LogP) is 8.93. The van der Waals surface area contributed by atoms with E-state index in [2.05, 4.69) is 243 Å². The Kier molecular flexibility index (Phi) is 13.2. The molecular formula is C55H56O4P4. The first-order chi connectivity index (χ1) is 31.2. The average Bonchev–Trinajstić information content (AvgIpc) is 3.96. The van der Waals surface area contributed by atoms with Crippen LogP contribution in [-0.4, -0.2) is 11.6 Å². The first-order valence-electron chi connectivity index (χ1n) is 22.3. The zero-order chi connectivity index (χ0) is 42.3. The van der Waals surface area contributed by atoms with Crippen LogP contribution in [0.3, 0.4) is 0 Å². The second-order valence-corrected chi connectivity index (χ2v) is 26.1. The van der Waals surface area contributed by atoms with Gasteiger partial charge in [-0.2, -0.15) is 0 Å². The van der Waals surface area contributed by atoms with E-state index in [0.717, 1.165) is 19.3 Å². The van der Waals surface area contributed by atoms with E-state index in [1.165, 1.54) is 42.4 Å². The van der Waals surface area contributed by atoms with E-state index in [4.69, 9.17) is 18.1 Å². The third-order valence-corrected chi connectivity index (χ3v) is 23.3. The monoisotopic (exact) mass is 904 g/mol. The number of fused-ring (bicyclic) bond motifs is 2. The molecule has 0 aromatic heterocycles. The van der Waals surface area contributed by atoms with E-state index in [1.807, 2.05) is 0 Å². The van der Waals surface area contributed by atoms with Gasteiger partial charge in [0.2, 0.25) is 0 Å². The molecule has 8 aromatic carbocycles. The van der Waals surface area contributed by atoms with E-state index in [1.54, 1.807) is 0 Å². The van der Waals surface area contributed by atoms with E-state index in [9.17, 15) is 0 Å². The molecule has 2 aliphatic carbocycles. The Morgan fingerprint density at radius 3 is 0.571 bits per heavy atom. The van der Waals surface area contributed by atoms with Gasteiger partial charge >= 0.3 is 378 Å².